The van der Waals surface area contributed by atoms with Crippen LogP contribution in [0, 0.1) is 0 Å². The van der Waals surface area contributed by atoms with Gasteiger partial charge in [-0.3, -0.25) is 4.79 Å². The standard InChI is InChI=1S/C9H9NO4/c1-14-9(13)7-3-2-4-10(5-6-11)8(7)12/h2-4,6H,5H2,1H3. The highest BCUT2D eigenvalue weighted by Crippen LogP contribution is 1.93. The Hall–Kier alpha value is -1.91. The maximum absolute atomic E-state index is 11.5. The van der Waals surface area contributed by atoms with Crippen molar-refractivity contribution >= 4 is 12.3 Å². The second-order valence-corrected chi connectivity index (χ2v) is 2.54. The van der Waals surface area contributed by atoms with E-state index in [1.54, 1.807) is 0 Å². The average molecular weight is 195 g/mol. The summed E-state index contributed by atoms with van der Waals surface area (Å²) < 4.78 is 5.55. The number of methoxy groups -OCH3 is 1. The van der Waals surface area contributed by atoms with Gasteiger partial charge in [-0.15, -0.1) is 0 Å². The molecule has 0 saturated heterocycles. The number of carbonyl (C=O) groups excluding carboxylic acids is 2. The van der Waals surface area contributed by atoms with Gasteiger partial charge in [0.25, 0.3) is 5.56 Å². The van der Waals surface area contributed by atoms with E-state index in [-0.39, 0.29) is 12.1 Å². The Morgan fingerprint density at radius 1 is 1.64 bits per heavy atom. The SMILES string of the molecule is COC(=O)c1cccn(CC=O)c1=O. The van der Waals surface area contributed by atoms with Crippen LogP contribution in [0.25, 0.3) is 0 Å². The lowest BCUT2D eigenvalue weighted by molar-refractivity contribution is -0.108. The fourth-order valence-electron chi connectivity index (χ4n) is 1.03. The van der Waals surface area contributed by atoms with E-state index in [1.807, 2.05) is 0 Å². The molecule has 0 unspecified atom stereocenters. The number of carbonyl (C=O) groups is 2. The lowest BCUT2D eigenvalue weighted by Gasteiger charge is -2.02. The van der Waals surface area contributed by atoms with Gasteiger partial charge in [-0.1, -0.05) is 0 Å². The molecule has 14 heavy (non-hydrogen) atoms. The molecular formula is C9H9NO4. The number of rotatable bonds is 3. The summed E-state index contributed by atoms with van der Waals surface area (Å²) in [7, 11) is 1.19. The van der Waals surface area contributed by atoms with Gasteiger partial charge in [-0.25, -0.2) is 4.79 Å². The molecule has 0 amide bonds. The van der Waals surface area contributed by atoms with Crippen molar-refractivity contribution in [1.82, 2.24) is 4.57 Å². The maximum atomic E-state index is 11.5. The second kappa shape index (κ2) is 4.36. The minimum absolute atomic E-state index is 0.0658. The smallest absolute Gasteiger partial charge is 0.343 e. The van der Waals surface area contributed by atoms with Crippen LogP contribution in [0.5, 0.6) is 0 Å². The van der Waals surface area contributed by atoms with Crippen LogP contribution in [0.3, 0.4) is 0 Å². The second-order valence-electron chi connectivity index (χ2n) is 2.54. The summed E-state index contributed by atoms with van der Waals surface area (Å²) in [6.07, 6.45) is 2.02. The number of esters is 1. The number of hydrogen-bond acceptors (Lipinski definition) is 4. The zero-order valence-corrected chi connectivity index (χ0v) is 7.60. The Morgan fingerprint density at radius 2 is 2.36 bits per heavy atom. The first kappa shape index (κ1) is 10.2. The fraction of sp³-hybridized carbons (Fsp3) is 0.222. The van der Waals surface area contributed by atoms with Crippen molar-refractivity contribution in [1.29, 1.82) is 0 Å². The predicted octanol–water partition coefficient (Wildman–Crippen LogP) is -0.166. The van der Waals surface area contributed by atoms with Crippen molar-refractivity contribution in [3.8, 4) is 0 Å². The van der Waals surface area contributed by atoms with Gasteiger partial charge < -0.3 is 14.1 Å². The van der Waals surface area contributed by atoms with E-state index in [4.69, 9.17) is 0 Å². The van der Waals surface area contributed by atoms with E-state index in [1.165, 1.54) is 25.4 Å². The molecule has 1 aromatic rings. The Balaban J connectivity index is 3.20. The molecule has 0 aliphatic rings. The third-order valence-corrected chi connectivity index (χ3v) is 1.70. The van der Waals surface area contributed by atoms with Crippen molar-refractivity contribution in [2.75, 3.05) is 7.11 Å². The number of aldehydes is 1. The minimum atomic E-state index is -0.699. The molecule has 1 aromatic heterocycles. The molecule has 0 aliphatic carbocycles. The molecule has 0 aromatic carbocycles. The molecule has 0 atom stereocenters. The van der Waals surface area contributed by atoms with Crippen molar-refractivity contribution in [3.63, 3.8) is 0 Å². The maximum Gasteiger partial charge on any atom is 0.343 e. The van der Waals surface area contributed by atoms with Crippen LogP contribution in [0.15, 0.2) is 23.1 Å². The summed E-state index contributed by atoms with van der Waals surface area (Å²) >= 11 is 0. The van der Waals surface area contributed by atoms with E-state index < -0.39 is 11.5 Å². The van der Waals surface area contributed by atoms with Crippen LogP contribution in [-0.4, -0.2) is 23.9 Å². The Kier molecular flexibility index (Phi) is 3.17. The van der Waals surface area contributed by atoms with Gasteiger partial charge in [-0.05, 0) is 12.1 Å². The summed E-state index contributed by atoms with van der Waals surface area (Å²) in [5.74, 6) is -0.699. The number of nitrogens with zero attached hydrogens (tertiary/aromatic N) is 1. The first-order valence-corrected chi connectivity index (χ1v) is 3.92. The molecule has 0 aliphatic heterocycles. The molecular weight excluding hydrogens is 186 g/mol. The highest BCUT2D eigenvalue weighted by atomic mass is 16.5. The summed E-state index contributed by atoms with van der Waals surface area (Å²) in [5.41, 5.74) is -0.594. The highest BCUT2D eigenvalue weighted by molar-refractivity contribution is 5.88. The van der Waals surface area contributed by atoms with Crippen molar-refractivity contribution in [3.05, 3.63) is 34.2 Å². The normalized spacial score (nSPS) is 9.50. The van der Waals surface area contributed by atoms with Crippen molar-refractivity contribution in [2.45, 2.75) is 6.54 Å². The van der Waals surface area contributed by atoms with Crippen LogP contribution in [-0.2, 0) is 16.1 Å². The first-order valence-electron chi connectivity index (χ1n) is 3.92. The third-order valence-electron chi connectivity index (χ3n) is 1.70. The molecule has 1 rings (SSSR count). The zero-order valence-electron chi connectivity index (χ0n) is 7.60. The average Bonchev–Trinajstić information content (AvgIpc) is 2.20. The van der Waals surface area contributed by atoms with Crippen molar-refractivity contribution in [2.24, 2.45) is 0 Å². The van der Waals surface area contributed by atoms with Gasteiger partial charge in [0.15, 0.2) is 0 Å². The molecule has 0 bridgehead atoms. The van der Waals surface area contributed by atoms with Gasteiger partial charge in [0.2, 0.25) is 0 Å². The molecule has 0 saturated carbocycles. The van der Waals surface area contributed by atoms with Crippen LogP contribution in [0.1, 0.15) is 10.4 Å². The van der Waals surface area contributed by atoms with Gasteiger partial charge in [0, 0.05) is 6.20 Å². The van der Waals surface area contributed by atoms with Crippen molar-refractivity contribution < 1.29 is 14.3 Å². The molecule has 0 N–H and O–H groups in total. The quantitative estimate of drug-likeness (QED) is 0.496. The van der Waals surface area contributed by atoms with E-state index in [0.717, 1.165) is 4.57 Å². The Morgan fingerprint density at radius 3 is 2.93 bits per heavy atom. The van der Waals surface area contributed by atoms with Gasteiger partial charge in [-0.2, -0.15) is 0 Å². The summed E-state index contributed by atoms with van der Waals surface area (Å²) in [4.78, 5) is 32.7. The van der Waals surface area contributed by atoms with Gasteiger partial charge >= 0.3 is 5.97 Å². The van der Waals surface area contributed by atoms with E-state index in [0.29, 0.717) is 6.29 Å². The molecule has 0 spiro atoms. The number of ether oxygens (including phenoxy) is 1. The van der Waals surface area contributed by atoms with Crippen LogP contribution >= 0.6 is 0 Å². The molecule has 0 fully saturated rings. The first-order chi connectivity index (χ1) is 6.70. The van der Waals surface area contributed by atoms with E-state index in [9.17, 15) is 14.4 Å². The predicted molar refractivity (Wildman–Crippen MR) is 48.1 cm³/mol. The van der Waals surface area contributed by atoms with Crippen LogP contribution in [0.4, 0.5) is 0 Å². The molecule has 0 radical (unpaired) electrons. The highest BCUT2D eigenvalue weighted by Gasteiger charge is 2.11. The number of aromatic nitrogens is 1. The summed E-state index contributed by atoms with van der Waals surface area (Å²) in [6.45, 7) is -0.0658. The van der Waals surface area contributed by atoms with Gasteiger partial charge in [0.05, 0.1) is 13.7 Å². The number of pyridine rings is 1. The van der Waals surface area contributed by atoms with E-state index in [2.05, 4.69) is 4.74 Å². The van der Waals surface area contributed by atoms with E-state index >= 15 is 0 Å². The van der Waals surface area contributed by atoms with Crippen LogP contribution in [0.2, 0.25) is 0 Å². The molecule has 1 heterocycles. The molecule has 5 heteroatoms. The topological polar surface area (TPSA) is 65.4 Å². The Bertz CT molecular complexity index is 408. The molecule has 74 valence electrons. The molecule has 5 nitrogen and oxygen atoms in total. The monoisotopic (exact) mass is 195 g/mol. The summed E-state index contributed by atoms with van der Waals surface area (Å²) in [5, 5.41) is 0. The third kappa shape index (κ3) is 1.87. The lowest BCUT2D eigenvalue weighted by atomic mass is 10.3. The Labute approximate surface area is 79.9 Å². The van der Waals surface area contributed by atoms with Crippen LogP contribution < -0.4 is 5.56 Å². The minimum Gasteiger partial charge on any atom is -0.465 e. The number of hydrogen-bond donors (Lipinski definition) is 0. The lowest BCUT2D eigenvalue weighted by Crippen LogP contribution is -2.26. The zero-order chi connectivity index (χ0) is 10.6. The fourth-order valence-corrected chi connectivity index (χ4v) is 1.03. The van der Waals surface area contributed by atoms with Gasteiger partial charge in [0.1, 0.15) is 11.8 Å². The largest absolute Gasteiger partial charge is 0.465 e. The summed E-state index contributed by atoms with van der Waals surface area (Å²) in [6, 6.07) is 2.87.